The molecule has 4 rings (SSSR count). The van der Waals surface area contributed by atoms with Crippen LogP contribution in [0.4, 0.5) is 0 Å². The SMILES string of the molecule is O=C(CCCCCC1CCN(C(=O)c2ccoc2)CC1)c1ccc2nccn2c1. The Balaban J connectivity index is 1.12. The average molecular weight is 393 g/mol. The average Bonchev–Trinajstić information content (AvgIpc) is 3.44. The van der Waals surface area contributed by atoms with Crippen molar-refractivity contribution in [3.8, 4) is 0 Å². The number of nitrogens with zero attached hydrogens (tertiary/aromatic N) is 3. The lowest BCUT2D eigenvalue weighted by Crippen LogP contribution is -2.38. The molecule has 1 aliphatic heterocycles. The van der Waals surface area contributed by atoms with Crippen LogP contribution in [0.3, 0.4) is 0 Å². The molecule has 0 aliphatic carbocycles. The Labute approximate surface area is 170 Å². The zero-order valence-electron chi connectivity index (χ0n) is 16.6. The predicted molar refractivity (Wildman–Crippen MR) is 110 cm³/mol. The minimum absolute atomic E-state index is 0.0737. The van der Waals surface area contributed by atoms with Crippen molar-refractivity contribution in [2.24, 2.45) is 5.92 Å². The van der Waals surface area contributed by atoms with E-state index in [1.165, 1.54) is 12.7 Å². The van der Waals surface area contributed by atoms with Gasteiger partial charge in [0.05, 0.1) is 11.8 Å². The third kappa shape index (κ3) is 4.75. The van der Waals surface area contributed by atoms with Gasteiger partial charge in [-0.2, -0.15) is 0 Å². The van der Waals surface area contributed by atoms with Gasteiger partial charge in [-0.05, 0) is 43.4 Å². The quantitative estimate of drug-likeness (QED) is 0.414. The summed E-state index contributed by atoms with van der Waals surface area (Å²) >= 11 is 0. The molecule has 0 aromatic carbocycles. The van der Waals surface area contributed by atoms with Gasteiger partial charge in [-0.25, -0.2) is 4.98 Å². The normalized spacial score (nSPS) is 15.1. The number of likely N-dealkylation sites (tertiary alicyclic amines) is 1. The molecule has 0 bridgehead atoms. The van der Waals surface area contributed by atoms with Crippen LogP contribution >= 0.6 is 0 Å². The molecule has 1 saturated heterocycles. The molecule has 0 saturated carbocycles. The number of carbonyl (C=O) groups excluding carboxylic acids is 2. The minimum atomic E-state index is 0.0737. The van der Waals surface area contributed by atoms with Crippen LogP contribution in [0.1, 0.15) is 65.7 Å². The summed E-state index contributed by atoms with van der Waals surface area (Å²) in [5, 5.41) is 0. The fourth-order valence-corrected chi connectivity index (χ4v) is 4.12. The molecule has 0 atom stereocenters. The molecule has 4 heterocycles. The van der Waals surface area contributed by atoms with Gasteiger partial charge in [-0.1, -0.05) is 19.3 Å². The first kappa shape index (κ1) is 19.4. The number of amides is 1. The van der Waals surface area contributed by atoms with Gasteiger partial charge in [0.2, 0.25) is 0 Å². The van der Waals surface area contributed by atoms with Crippen molar-refractivity contribution in [2.75, 3.05) is 13.1 Å². The molecule has 0 N–H and O–H groups in total. The lowest BCUT2D eigenvalue weighted by molar-refractivity contribution is 0.0685. The second-order valence-corrected chi connectivity index (χ2v) is 7.88. The van der Waals surface area contributed by atoms with Crippen molar-refractivity contribution in [2.45, 2.75) is 44.9 Å². The smallest absolute Gasteiger partial charge is 0.257 e. The number of fused-ring (bicyclic) bond motifs is 1. The number of rotatable bonds is 8. The molecule has 0 spiro atoms. The molecular weight excluding hydrogens is 366 g/mol. The number of piperidine rings is 1. The van der Waals surface area contributed by atoms with E-state index in [1.807, 2.05) is 33.8 Å². The Bertz CT molecular complexity index is 953. The second kappa shape index (κ2) is 9.07. The number of hydrogen-bond donors (Lipinski definition) is 0. The van der Waals surface area contributed by atoms with E-state index in [9.17, 15) is 9.59 Å². The Hall–Kier alpha value is -2.89. The van der Waals surface area contributed by atoms with E-state index < -0.39 is 0 Å². The number of carbonyl (C=O) groups is 2. The molecule has 0 unspecified atom stereocenters. The van der Waals surface area contributed by atoms with E-state index in [4.69, 9.17) is 4.42 Å². The molecule has 152 valence electrons. The standard InChI is InChI=1S/C23H27N3O3/c27-21(19-6-7-22-24-11-14-26(22)16-19)5-3-1-2-4-18-8-12-25(13-9-18)23(28)20-10-15-29-17-20/h6-7,10-11,14-18H,1-5,8-9,12-13H2. The maximum absolute atomic E-state index is 12.4. The van der Waals surface area contributed by atoms with Gasteiger partial charge < -0.3 is 13.7 Å². The van der Waals surface area contributed by atoms with Gasteiger partial charge in [0.1, 0.15) is 11.9 Å². The van der Waals surface area contributed by atoms with E-state index in [0.717, 1.165) is 56.4 Å². The predicted octanol–water partition coefficient (Wildman–Crippen LogP) is 4.61. The van der Waals surface area contributed by atoms with E-state index in [2.05, 4.69) is 4.98 Å². The molecule has 6 nitrogen and oxygen atoms in total. The van der Waals surface area contributed by atoms with Crippen LogP contribution in [0, 0.1) is 5.92 Å². The number of imidazole rings is 1. The highest BCUT2D eigenvalue weighted by molar-refractivity contribution is 5.96. The number of furan rings is 1. The molecule has 1 amide bonds. The molecule has 29 heavy (non-hydrogen) atoms. The first-order valence-corrected chi connectivity index (χ1v) is 10.5. The zero-order chi connectivity index (χ0) is 20.1. The lowest BCUT2D eigenvalue weighted by Gasteiger charge is -2.31. The van der Waals surface area contributed by atoms with Crippen molar-refractivity contribution >= 4 is 17.3 Å². The van der Waals surface area contributed by atoms with Gasteiger partial charge in [-0.3, -0.25) is 9.59 Å². The maximum Gasteiger partial charge on any atom is 0.257 e. The van der Waals surface area contributed by atoms with E-state index in [1.54, 1.807) is 18.5 Å². The van der Waals surface area contributed by atoms with Crippen LogP contribution < -0.4 is 0 Å². The van der Waals surface area contributed by atoms with Gasteiger partial charge in [0.15, 0.2) is 5.78 Å². The van der Waals surface area contributed by atoms with Crippen LogP contribution in [0.25, 0.3) is 5.65 Å². The van der Waals surface area contributed by atoms with Gasteiger partial charge >= 0.3 is 0 Å². The first-order valence-electron chi connectivity index (χ1n) is 10.5. The van der Waals surface area contributed by atoms with E-state index in [0.29, 0.717) is 17.9 Å². The summed E-state index contributed by atoms with van der Waals surface area (Å²) in [4.78, 5) is 30.9. The summed E-state index contributed by atoms with van der Waals surface area (Å²) in [6.45, 7) is 1.65. The van der Waals surface area contributed by atoms with E-state index >= 15 is 0 Å². The fourth-order valence-electron chi connectivity index (χ4n) is 4.12. The highest BCUT2D eigenvalue weighted by Gasteiger charge is 2.23. The largest absolute Gasteiger partial charge is 0.472 e. The monoisotopic (exact) mass is 393 g/mol. The summed E-state index contributed by atoms with van der Waals surface area (Å²) in [5.41, 5.74) is 2.25. The van der Waals surface area contributed by atoms with Crippen LogP contribution in [0.2, 0.25) is 0 Å². The minimum Gasteiger partial charge on any atom is -0.472 e. The van der Waals surface area contributed by atoms with Crippen LogP contribution in [-0.4, -0.2) is 39.1 Å². The van der Waals surface area contributed by atoms with E-state index in [-0.39, 0.29) is 11.7 Å². The molecule has 3 aromatic heterocycles. The summed E-state index contributed by atoms with van der Waals surface area (Å²) in [7, 11) is 0. The second-order valence-electron chi connectivity index (χ2n) is 7.88. The zero-order valence-corrected chi connectivity index (χ0v) is 16.6. The highest BCUT2D eigenvalue weighted by Crippen LogP contribution is 2.24. The van der Waals surface area contributed by atoms with Crippen molar-refractivity contribution < 1.29 is 14.0 Å². The Morgan fingerprint density at radius 3 is 2.72 bits per heavy atom. The summed E-state index contributed by atoms with van der Waals surface area (Å²) in [6.07, 6.45) is 15.6. The van der Waals surface area contributed by atoms with Crippen molar-refractivity contribution in [3.05, 3.63) is 60.4 Å². The van der Waals surface area contributed by atoms with Crippen molar-refractivity contribution in [1.82, 2.24) is 14.3 Å². The molecule has 1 aliphatic rings. The number of ketones is 1. The third-order valence-electron chi connectivity index (χ3n) is 5.90. The number of unbranched alkanes of at least 4 members (excludes halogenated alkanes) is 2. The molecule has 1 fully saturated rings. The van der Waals surface area contributed by atoms with Crippen molar-refractivity contribution in [3.63, 3.8) is 0 Å². The Morgan fingerprint density at radius 2 is 1.93 bits per heavy atom. The number of aromatic nitrogens is 2. The highest BCUT2D eigenvalue weighted by atomic mass is 16.3. The molecule has 3 aromatic rings. The van der Waals surface area contributed by atoms with Gasteiger partial charge in [-0.15, -0.1) is 0 Å². The summed E-state index contributed by atoms with van der Waals surface area (Å²) in [6, 6.07) is 5.48. The van der Waals surface area contributed by atoms with Gasteiger partial charge in [0.25, 0.3) is 5.91 Å². The maximum atomic E-state index is 12.4. The number of pyridine rings is 1. The third-order valence-corrected chi connectivity index (χ3v) is 5.90. The molecule has 6 heteroatoms. The molecule has 0 radical (unpaired) electrons. The van der Waals surface area contributed by atoms with Crippen LogP contribution in [0.5, 0.6) is 0 Å². The molecular formula is C23H27N3O3. The van der Waals surface area contributed by atoms with Crippen LogP contribution in [0.15, 0.2) is 53.7 Å². The fraction of sp³-hybridized carbons (Fsp3) is 0.435. The Kier molecular flexibility index (Phi) is 6.08. The lowest BCUT2D eigenvalue weighted by atomic mass is 9.90. The number of hydrogen-bond acceptors (Lipinski definition) is 4. The summed E-state index contributed by atoms with van der Waals surface area (Å²) in [5.74, 6) is 0.957. The van der Waals surface area contributed by atoms with Crippen molar-refractivity contribution in [1.29, 1.82) is 0 Å². The van der Waals surface area contributed by atoms with Gasteiger partial charge in [0, 0.05) is 43.7 Å². The van der Waals surface area contributed by atoms with Crippen LogP contribution in [-0.2, 0) is 0 Å². The number of Topliss-reactive ketones (excluding diaryl/α,β-unsaturated/α-hetero) is 1. The topological polar surface area (TPSA) is 67.8 Å². The Morgan fingerprint density at radius 1 is 1.07 bits per heavy atom. The summed E-state index contributed by atoms with van der Waals surface area (Å²) < 4.78 is 6.89. The first-order chi connectivity index (χ1) is 14.2.